The van der Waals surface area contributed by atoms with Gasteiger partial charge in [-0.05, 0) is 62.2 Å². The molecule has 0 saturated heterocycles. The van der Waals surface area contributed by atoms with Crippen molar-refractivity contribution < 1.29 is 0 Å². The van der Waals surface area contributed by atoms with E-state index >= 15 is 0 Å². The molecule has 0 aliphatic heterocycles. The number of rotatable bonds is 11. The monoisotopic (exact) mass is 413 g/mol. The van der Waals surface area contributed by atoms with Crippen LogP contribution in [0.2, 0.25) is 0 Å². The van der Waals surface area contributed by atoms with E-state index in [-0.39, 0.29) is 0 Å². The lowest BCUT2D eigenvalue weighted by atomic mass is 10.2. The van der Waals surface area contributed by atoms with Gasteiger partial charge in [0.05, 0.1) is 23.3 Å². The molecular weight excluding hydrogens is 382 g/mol. The smallest absolute Gasteiger partial charge is 0.124 e. The lowest BCUT2D eigenvalue weighted by molar-refractivity contribution is 0.564. The predicted molar refractivity (Wildman–Crippen MR) is 127 cm³/mol. The number of benzene rings is 2. The maximum atomic E-state index is 4.88. The summed E-state index contributed by atoms with van der Waals surface area (Å²) >= 11 is 0. The maximum Gasteiger partial charge on any atom is 0.124 e. The molecule has 0 unspecified atom stereocenters. The fourth-order valence-electron chi connectivity index (χ4n) is 3.81. The van der Waals surface area contributed by atoms with Crippen molar-refractivity contribution in [1.29, 1.82) is 0 Å². The van der Waals surface area contributed by atoms with Gasteiger partial charge in [0.1, 0.15) is 5.82 Å². The third kappa shape index (κ3) is 5.78. The van der Waals surface area contributed by atoms with Crippen LogP contribution in [0.1, 0.15) is 35.5 Å². The second kappa shape index (κ2) is 10.8. The molecule has 31 heavy (non-hydrogen) atoms. The molecule has 5 heteroatoms. The van der Waals surface area contributed by atoms with Crippen LogP contribution in [0, 0.1) is 6.92 Å². The highest BCUT2D eigenvalue weighted by Gasteiger charge is 2.10. The fourth-order valence-corrected chi connectivity index (χ4v) is 3.81. The summed E-state index contributed by atoms with van der Waals surface area (Å²) in [5.74, 6) is 1.09. The van der Waals surface area contributed by atoms with Crippen molar-refractivity contribution in [2.75, 3.05) is 13.1 Å². The van der Waals surface area contributed by atoms with Crippen molar-refractivity contribution in [3.05, 3.63) is 95.6 Å². The van der Waals surface area contributed by atoms with Gasteiger partial charge in [0.25, 0.3) is 0 Å². The number of fused-ring (bicyclic) bond motifs is 1. The van der Waals surface area contributed by atoms with E-state index in [0.29, 0.717) is 0 Å². The normalized spacial score (nSPS) is 11.3. The molecule has 0 aliphatic carbocycles. The van der Waals surface area contributed by atoms with Gasteiger partial charge in [0.2, 0.25) is 0 Å². The molecule has 160 valence electrons. The molecule has 0 amide bonds. The molecule has 2 heterocycles. The summed E-state index contributed by atoms with van der Waals surface area (Å²) in [6.45, 7) is 6.56. The van der Waals surface area contributed by atoms with Crippen LogP contribution in [-0.4, -0.2) is 27.6 Å². The summed E-state index contributed by atoms with van der Waals surface area (Å²) in [5, 5.41) is 7.08. The van der Waals surface area contributed by atoms with Gasteiger partial charge in [-0.15, -0.1) is 0 Å². The first-order chi connectivity index (χ1) is 15.3. The molecule has 0 saturated carbocycles. The SMILES string of the molecule is Cc1cccnc1CNCCCCNCc1nc2ccccc2n1Cc1ccccc1. The summed E-state index contributed by atoms with van der Waals surface area (Å²) < 4.78 is 2.33. The summed E-state index contributed by atoms with van der Waals surface area (Å²) in [5.41, 5.74) is 5.93. The predicted octanol–water partition coefficient (Wildman–Crippen LogP) is 4.45. The standard InChI is InChI=1S/C26H31N5/c1-21-10-9-17-29-24(21)18-27-15-7-8-16-28-19-26-30-23-13-5-6-14-25(23)31(26)20-22-11-3-2-4-12-22/h2-6,9-14,17,27-28H,7-8,15-16,18-20H2,1H3. The molecule has 2 aromatic heterocycles. The summed E-state index contributed by atoms with van der Waals surface area (Å²) in [6.07, 6.45) is 4.13. The number of hydrogen-bond donors (Lipinski definition) is 2. The van der Waals surface area contributed by atoms with Crippen molar-refractivity contribution in [3.8, 4) is 0 Å². The van der Waals surface area contributed by atoms with E-state index in [4.69, 9.17) is 4.98 Å². The van der Waals surface area contributed by atoms with Gasteiger partial charge in [0, 0.05) is 19.3 Å². The van der Waals surface area contributed by atoms with Crippen LogP contribution in [0.3, 0.4) is 0 Å². The molecule has 0 radical (unpaired) electrons. The number of nitrogens with one attached hydrogen (secondary N) is 2. The van der Waals surface area contributed by atoms with Crippen LogP contribution in [0.4, 0.5) is 0 Å². The molecular formula is C26H31N5. The van der Waals surface area contributed by atoms with Crippen molar-refractivity contribution in [2.24, 2.45) is 0 Å². The zero-order chi connectivity index (χ0) is 21.3. The molecule has 4 rings (SSSR count). The molecule has 2 aromatic carbocycles. The van der Waals surface area contributed by atoms with E-state index in [1.54, 1.807) is 0 Å². The minimum Gasteiger partial charge on any atom is -0.322 e. The van der Waals surface area contributed by atoms with Gasteiger partial charge < -0.3 is 15.2 Å². The van der Waals surface area contributed by atoms with Crippen molar-refractivity contribution in [1.82, 2.24) is 25.2 Å². The van der Waals surface area contributed by atoms with Gasteiger partial charge in [-0.25, -0.2) is 4.98 Å². The number of nitrogens with zero attached hydrogens (tertiary/aromatic N) is 3. The molecule has 5 nitrogen and oxygen atoms in total. The van der Waals surface area contributed by atoms with Crippen molar-refractivity contribution in [2.45, 2.75) is 39.4 Å². The second-order valence-electron chi connectivity index (χ2n) is 7.92. The van der Waals surface area contributed by atoms with Gasteiger partial charge in [-0.3, -0.25) is 4.98 Å². The number of imidazole rings is 1. The molecule has 0 aliphatic rings. The van der Waals surface area contributed by atoms with Crippen LogP contribution < -0.4 is 10.6 Å². The lowest BCUT2D eigenvalue weighted by Gasteiger charge is -2.11. The number of hydrogen-bond acceptors (Lipinski definition) is 4. The van der Waals surface area contributed by atoms with E-state index in [9.17, 15) is 0 Å². The Morgan fingerprint density at radius 2 is 1.55 bits per heavy atom. The van der Waals surface area contributed by atoms with E-state index in [1.807, 2.05) is 12.3 Å². The molecule has 0 atom stereocenters. The molecule has 0 spiro atoms. The number of pyridine rings is 1. The van der Waals surface area contributed by atoms with Crippen molar-refractivity contribution in [3.63, 3.8) is 0 Å². The Labute approximate surface area is 184 Å². The van der Waals surface area contributed by atoms with E-state index in [0.717, 1.165) is 62.6 Å². The summed E-state index contributed by atoms with van der Waals surface area (Å²) in [6, 6.07) is 23.1. The Balaban J connectivity index is 1.24. The van der Waals surface area contributed by atoms with Gasteiger partial charge in [-0.2, -0.15) is 0 Å². The molecule has 0 bridgehead atoms. The van der Waals surface area contributed by atoms with Gasteiger partial charge in [0.15, 0.2) is 0 Å². The zero-order valence-corrected chi connectivity index (χ0v) is 18.2. The number of unbranched alkanes of at least 4 members (excludes halogenated alkanes) is 1. The van der Waals surface area contributed by atoms with Crippen molar-refractivity contribution >= 4 is 11.0 Å². The first-order valence-corrected chi connectivity index (χ1v) is 11.1. The highest BCUT2D eigenvalue weighted by atomic mass is 15.1. The lowest BCUT2D eigenvalue weighted by Crippen LogP contribution is -2.21. The first-order valence-electron chi connectivity index (χ1n) is 11.1. The Kier molecular flexibility index (Phi) is 7.42. The Morgan fingerprint density at radius 3 is 2.35 bits per heavy atom. The average molecular weight is 414 g/mol. The topological polar surface area (TPSA) is 54.8 Å². The third-order valence-electron chi connectivity index (χ3n) is 5.57. The van der Waals surface area contributed by atoms with E-state index in [1.165, 1.54) is 16.6 Å². The highest BCUT2D eigenvalue weighted by Crippen LogP contribution is 2.18. The number of aromatic nitrogens is 3. The molecule has 0 fully saturated rings. The Bertz CT molecular complexity index is 1090. The molecule has 4 aromatic rings. The van der Waals surface area contributed by atoms with Gasteiger partial charge >= 0.3 is 0 Å². The quantitative estimate of drug-likeness (QED) is 0.357. The fraction of sp³-hybridized carbons (Fsp3) is 0.308. The second-order valence-corrected chi connectivity index (χ2v) is 7.92. The van der Waals surface area contributed by atoms with E-state index < -0.39 is 0 Å². The summed E-state index contributed by atoms with van der Waals surface area (Å²) in [7, 11) is 0. The van der Waals surface area contributed by atoms with Crippen LogP contribution >= 0.6 is 0 Å². The van der Waals surface area contributed by atoms with E-state index in [2.05, 4.69) is 87.8 Å². The summed E-state index contributed by atoms with van der Waals surface area (Å²) in [4.78, 5) is 9.31. The van der Waals surface area contributed by atoms with Crippen LogP contribution in [-0.2, 0) is 19.6 Å². The van der Waals surface area contributed by atoms with Crippen LogP contribution in [0.5, 0.6) is 0 Å². The first kappa shape index (κ1) is 21.2. The Morgan fingerprint density at radius 1 is 0.806 bits per heavy atom. The molecule has 2 N–H and O–H groups in total. The maximum absolute atomic E-state index is 4.88. The van der Waals surface area contributed by atoms with Crippen LogP contribution in [0.25, 0.3) is 11.0 Å². The number of aryl methyl sites for hydroxylation is 1. The Hall–Kier alpha value is -3.02. The largest absolute Gasteiger partial charge is 0.322 e. The van der Waals surface area contributed by atoms with Crippen LogP contribution in [0.15, 0.2) is 72.9 Å². The minimum absolute atomic E-state index is 0.780. The minimum atomic E-state index is 0.780. The highest BCUT2D eigenvalue weighted by molar-refractivity contribution is 5.76. The van der Waals surface area contributed by atoms with Gasteiger partial charge in [-0.1, -0.05) is 48.5 Å². The number of para-hydroxylation sites is 2. The third-order valence-corrected chi connectivity index (χ3v) is 5.57. The average Bonchev–Trinajstić information content (AvgIpc) is 3.14. The zero-order valence-electron chi connectivity index (χ0n) is 18.2.